The van der Waals surface area contributed by atoms with Crippen LogP contribution in [0.5, 0.6) is 5.75 Å². The number of aromatic nitrogens is 2. The van der Waals surface area contributed by atoms with E-state index in [0.717, 1.165) is 50.0 Å². The second-order valence-corrected chi connectivity index (χ2v) is 10.6. The molecule has 0 saturated heterocycles. The fourth-order valence-corrected chi connectivity index (χ4v) is 5.71. The normalized spacial score (nSPS) is 14.8. The molecule has 0 bridgehead atoms. The molecule has 1 aliphatic rings. The second kappa shape index (κ2) is 11.2. The van der Waals surface area contributed by atoms with Gasteiger partial charge in [-0.2, -0.15) is 5.10 Å². The van der Waals surface area contributed by atoms with Gasteiger partial charge in [-0.1, -0.05) is 102 Å². The standard InChI is InChI=1S/C33H28N4O2S/c1-22-16-18-23(19-17-22)31-25-12-6-9-15-29(25)39-32(24-10-4-3-5-11-24)26(31)20-34-36-30(38)21-40-33-35-27-13-7-8-14-28(27)37(33)2/h3-20,31H,21H2,1-2H3,(H,36,38)/b34-20-/t31-/m0/s1. The first kappa shape index (κ1) is 25.6. The van der Waals surface area contributed by atoms with E-state index >= 15 is 0 Å². The summed E-state index contributed by atoms with van der Waals surface area (Å²) in [6.07, 6.45) is 1.72. The van der Waals surface area contributed by atoms with E-state index in [9.17, 15) is 4.79 Å². The summed E-state index contributed by atoms with van der Waals surface area (Å²) in [7, 11) is 1.96. The lowest BCUT2D eigenvalue weighted by molar-refractivity contribution is -0.118. The molecule has 1 amide bonds. The number of benzene rings is 4. The van der Waals surface area contributed by atoms with Gasteiger partial charge in [-0.05, 0) is 30.7 Å². The molecule has 6 nitrogen and oxygen atoms in total. The van der Waals surface area contributed by atoms with Crippen LogP contribution in [-0.4, -0.2) is 27.4 Å². The lowest BCUT2D eigenvalue weighted by Gasteiger charge is -2.30. The average molecular weight is 545 g/mol. The number of aryl methyl sites for hydroxylation is 2. The Bertz CT molecular complexity index is 1740. The van der Waals surface area contributed by atoms with Gasteiger partial charge in [0.25, 0.3) is 5.91 Å². The van der Waals surface area contributed by atoms with Crippen molar-refractivity contribution in [2.45, 2.75) is 18.0 Å². The summed E-state index contributed by atoms with van der Waals surface area (Å²) >= 11 is 1.38. The number of nitrogens with zero attached hydrogens (tertiary/aromatic N) is 3. The van der Waals surface area contributed by atoms with Crippen molar-refractivity contribution in [3.63, 3.8) is 0 Å². The average Bonchev–Trinajstić information content (AvgIpc) is 3.32. The zero-order valence-electron chi connectivity index (χ0n) is 22.2. The van der Waals surface area contributed by atoms with Crippen molar-refractivity contribution < 1.29 is 9.53 Å². The van der Waals surface area contributed by atoms with Gasteiger partial charge in [0.2, 0.25) is 0 Å². The molecule has 1 N–H and O–H groups in total. The number of carbonyl (C=O) groups excluding carboxylic acids is 1. The van der Waals surface area contributed by atoms with Gasteiger partial charge < -0.3 is 9.30 Å². The van der Waals surface area contributed by atoms with Crippen LogP contribution in [0.1, 0.15) is 28.2 Å². The van der Waals surface area contributed by atoms with Crippen molar-refractivity contribution in [1.29, 1.82) is 0 Å². The SMILES string of the molecule is Cc1ccc([C@@H]2C(/C=N\NC(=O)CSc3nc4ccccc4n3C)=C(c3ccccc3)Oc3ccccc32)cc1. The van der Waals surface area contributed by atoms with Crippen LogP contribution in [0.2, 0.25) is 0 Å². The number of fused-ring (bicyclic) bond motifs is 2. The number of hydrogen-bond donors (Lipinski definition) is 1. The molecule has 0 fully saturated rings. The number of imidazole rings is 1. The minimum absolute atomic E-state index is 0.115. The highest BCUT2D eigenvalue weighted by Crippen LogP contribution is 2.45. The molecule has 1 aromatic heterocycles. The molecule has 1 aliphatic heterocycles. The number of rotatable bonds is 7. The highest BCUT2D eigenvalue weighted by atomic mass is 32.2. The maximum absolute atomic E-state index is 12.8. The van der Waals surface area contributed by atoms with Crippen LogP contribution in [0.3, 0.4) is 0 Å². The lowest BCUT2D eigenvalue weighted by Crippen LogP contribution is -2.22. The van der Waals surface area contributed by atoms with E-state index in [4.69, 9.17) is 4.74 Å². The van der Waals surface area contributed by atoms with Gasteiger partial charge in [-0.3, -0.25) is 4.79 Å². The molecule has 40 heavy (non-hydrogen) atoms. The maximum atomic E-state index is 12.8. The molecule has 1 atom stereocenters. The van der Waals surface area contributed by atoms with Crippen LogP contribution in [0.25, 0.3) is 16.8 Å². The number of para-hydroxylation sites is 3. The highest BCUT2D eigenvalue weighted by Gasteiger charge is 2.31. The smallest absolute Gasteiger partial charge is 0.250 e. The number of amides is 1. The number of carbonyl (C=O) groups is 1. The molecular weight excluding hydrogens is 516 g/mol. The first-order chi connectivity index (χ1) is 19.6. The van der Waals surface area contributed by atoms with E-state index in [2.05, 4.69) is 52.8 Å². The first-order valence-electron chi connectivity index (χ1n) is 13.1. The third-order valence-electron chi connectivity index (χ3n) is 6.93. The highest BCUT2D eigenvalue weighted by molar-refractivity contribution is 7.99. The van der Waals surface area contributed by atoms with E-state index in [0.29, 0.717) is 0 Å². The largest absolute Gasteiger partial charge is 0.456 e. The van der Waals surface area contributed by atoms with Crippen LogP contribution in [0, 0.1) is 6.92 Å². The van der Waals surface area contributed by atoms with Gasteiger partial charge in [0.1, 0.15) is 11.5 Å². The summed E-state index contributed by atoms with van der Waals surface area (Å²) in [6.45, 7) is 2.08. The van der Waals surface area contributed by atoms with Gasteiger partial charge in [0.05, 0.1) is 23.0 Å². The quantitative estimate of drug-likeness (QED) is 0.140. The van der Waals surface area contributed by atoms with Crippen molar-refractivity contribution in [1.82, 2.24) is 15.0 Å². The van der Waals surface area contributed by atoms with E-state index < -0.39 is 0 Å². The van der Waals surface area contributed by atoms with E-state index in [1.54, 1.807) is 6.21 Å². The Balaban J connectivity index is 1.29. The summed E-state index contributed by atoms with van der Waals surface area (Å²) in [6, 6.07) is 34.5. The zero-order chi connectivity index (χ0) is 27.5. The molecule has 0 spiro atoms. The summed E-state index contributed by atoms with van der Waals surface area (Å²) in [5.74, 6) is 1.40. The summed E-state index contributed by atoms with van der Waals surface area (Å²) in [5.41, 5.74) is 9.84. The van der Waals surface area contributed by atoms with E-state index in [1.807, 2.05) is 84.4 Å². The molecule has 7 heteroatoms. The Morgan fingerprint density at radius 3 is 2.50 bits per heavy atom. The van der Waals surface area contributed by atoms with Crippen LogP contribution in [0.15, 0.2) is 119 Å². The Hall–Kier alpha value is -4.62. The predicted octanol–water partition coefficient (Wildman–Crippen LogP) is 6.71. The van der Waals surface area contributed by atoms with E-state index in [-0.39, 0.29) is 17.6 Å². The molecule has 0 saturated carbocycles. The Morgan fingerprint density at radius 1 is 0.975 bits per heavy atom. The van der Waals surface area contributed by atoms with Gasteiger partial charge >= 0.3 is 0 Å². The Morgan fingerprint density at radius 2 is 1.70 bits per heavy atom. The molecule has 5 aromatic rings. The van der Waals surface area contributed by atoms with Crippen molar-refractivity contribution in [3.8, 4) is 5.75 Å². The molecule has 2 heterocycles. The number of ether oxygens (including phenoxy) is 1. The third-order valence-corrected chi connectivity index (χ3v) is 7.96. The monoisotopic (exact) mass is 544 g/mol. The third kappa shape index (κ3) is 5.16. The number of thioether (sulfide) groups is 1. The number of nitrogens with one attached hydrogen (secondary N) is 1. The van der Waals surface area contributed by atoms with Crippen LogP contribution in [0.4, 0.5) is 0 Å². The summed E-state index contributed by atoms with van der Waals surface area (Å²) < 4.78 is 8.47. The molecule has 0 aliphatic carbocycles. The second-order valence-electron chi connectivity index (χ2n) is 9.66. The van der Waals surface area contributed by atoms with Crippen molar-refractivity contribution in [2.24, 2.45) is 12.1 Å². The zero-order valence-corrected chi connectivity index (χ0v) is 23.1. The van der Waals surface area contributed by atoms with Gasteiger partial charge in [-0.15, -0.1) is 0 Å². The summed E-state index contributed by atoms with van der Waals surface area (Å²) in [5, 5.41) is 5.19. The van der Waals surface area contributed by atoms with Crippen LogP contribution < -0.4 is 10.2 Å². The molecule has 0 unspecified atom stereocenters. The Labute approximate surface area is 237 Å². The predicted molar refractivity (Wildman–Crippen MR) is 162 cm³/mol. The lowest BCUT2D eigenvalue weighted by atomic mass is 9.81. The molecule has 6 rings (SSSR count). The van der Waals surface area contributed by atoms with Crippen molar-refractivity contribution in [3.05, 3.63) is 131 Å². The topological polar surface area (TPSA) is 68.5 Å². The van der Waals surface area contributed by atoms with Crippen molar-refractivity contribution in [2.75, 3.05) is 5.75 Å². The molecule has 0 radical (unpaired) electrons. The number of hydrogen-bond acceptors (Lipinski definition) is 5. The summed E-state index contributed by atoms with van der Waals surface area (Å²) in [4.78, 5) is 17.4. The number of allylic oxidation sites excluding steroid dienone is 1. The van der Waals surface area contributed by atoms with Gasteiger partial charge in [0.15, 0.2) is 5.16 Å². The van der Waals surface area contributed by atoms with Crippen molar-refractivity contribution >= 4 is 40.7 Å². The van der Waals surface area contributed by atoms with E-state index in [1.165, 1.54) is 17.3 Å². The van der Waals surface area contributed by atoms with Crippen LogP contribution in [-0.2, 0) is 11.8 Å². The number of hydrazone groups is 1. The minimum atomic E-state index is -0.209. The van der Waals surface area contributed by atoms with Gasteiger partial charge in [-0.25, -0.2) is 10.4 Å². The molecular formula is C33H28N4O2S. The Kier molecular flexibility index (Phi) is 7.21. The molecule has 198 valence electrons. The fraction of sp³-hybridized carbons (Fsp3) is 0.121. The van der Waals surface area contributed by atoms with Crippen LogP contribution >= 0.6 is 11.8 Å². The van der Waals surface area contributed by atoms with Gasteiger partial charge in [0, 0.05) is 29.7 Å². The fourth-order valence-electron chi connectivity index (χ4n) is 4.93. The maximum Gasteiger partial charge on any atom is 0.250 e. The molecule has 4 aromatic carbocycles. The minimum Gasteiger partial charge on any atom is -0.456 e. The first-order valence-corrected chi connectivity index (χ1v) is 14.1.